The maximum atomic E-state index is 11.5. The third kappa shape index (κ3) is 2.54. The van der Waals surface area contributed by atoms with E-state index in [-0.39, 0.29) is 5.56 Å². The molecule has 0 unspecified atom stereocenters. The highest BCUT2D eigenvalue weighted by atomic mass is 32.2. The zero-order valence-electron chi connectivity index (χ0n) is 10.6. The molecule has 0 aromatic carbocycles. The highest BCUT2D eigenvalue weighted by Gasteiger charge is 2.43. The van der Waals surface area contributed by atoms with Gasteiger partial charge in [0.25, 0.3) is 5.56 Å². The molecule has 0 aliphatic carbocycles. The van der Waals surface area contributed by atoms with Crippen LogP contribution in [0.1, 0.15) is 11.8 Å². The lowest BCUT2D eigenvalue weighted by molar-refractivity contribution is -0.0577. The van der Waals surface area contributed by atoms with Gasteiger partial charge in [-0.1, -0.05) is 11.8 Å². The van der Waals surface area contributed by atoms with Crippen molar-refractivity contribution in [2.45, 2.75) is 36.6 Å². The first kappa shape index (κ1) is 14.5. The van der Waals surface area contributed by atoms with Gasteiger partial charge in [-0.3, -0.25) is 9.36 Å². The fourth-order valence-corrected chi connectivity index (χ4v) is 2.54. The summed E-state index contributed by atoms with van der Waals surface area (Å²) in [6, 6.07) is 0. The molecule has 0 spiro atoms. The number of hydrogen-bond donors (Lipinski definition) is 3. The summed E-state index contributed by atoms with van der Waals surface area (Å²) < 4.78 is 6.92. The van der Waals surface area contributed by atoms with Gasteiger partial charge in [-0.2, -0.15) is 4.98 Å². The Labute approximate surface area is 113 Å². The van der Waals surface area contributed by atoms with E-state index in [0.717, 1.165) is 0 Å². The first-order chi connectivity index (χ1) is 8.99. The largest absolute Gasteiger partial charge is 0.394 e. The van der Waals surface area contributed by atoms with E-state index >= 15 is 0 Å². The summed E-state index contributed by atoms with van der Waals surface area (Å²) in [4.78, 5) is 15.4. The first-order valence-corrected chi connectivity index (χ1v) is 6.98. The molecule has 1 aliphatic heterocycles. The second kappa shape index (κ2) is 5.59. The van der Waals surface area contributed by atoms with Gasteiger partial charge >= 0.3 is 0 Å². The molecule has 0 bridgehead atoms. The second-order valence-electron chi connectivity index (χ2n) is 4.35. The lowest BCUT2D eigenvalue weighted by Gasteiger charge is -2.21. The van der Waals surface area contributed by atoms with Crippen LogP contribution >= 0.6 is 11.8 Å². The third-order valence-corrected chi connectivity index (χ3v) is 3.73. The van der Waals surface area contributed by atoms with E-state index in [9.17, 15) is 15.0 Å². The summed E-state index contributed by atoms with van der Waals surface area (Å²) in [6.45, 7) is 1.22. The van der Waals surface area contributed by atoms with Crippen molar-refractivity contribution in [3.8, 4) is 0 Å². The summed E-state index contributed by atoms with van der Waals surface area (Å²) in [5, 5.41) is 29.2. The Bertz CT molecular complexity index is 520. The van der Waals surface area contributed by atoms with Gasteiger partial charge in [-0.25, -0.2) is 0 Å². The fourth-order valence-electron chi connectivity index (χ4n) is 2.00. The number of aliphatic hydroxyl groups excluding tert-OH is 3. The quantitative estimate of drug-likeness (QED) is 0.478. The summed E-state index contributed by atoms with van der Waals surface area (Å²) in [5.74, 6) is 0. The number of aromatic nitrogens is 2. The van der Waals surface area contributed by atoms with Gasteiger partial charge in [-0.15, -0.1) is 0 Å². The fraction of sp³-hybridized carbons (Fsp3) is 0.636. The van der Waals surface area contributed by atoms with Gasteiger partial charge in [0.1, 0.15) is 18.3 Å². The van der Waals surface area contributed by atoms with Crippen molar-refractivity contribution in [1.29, 1.82) is 0 Å². The van der Waals surface area contributed by atoms with Crippen LogP contribution in [0.2, 0.25) is 0 Å². The number of aliphatic hydroxyl groups is 3. The van der Waals surface area contributed by atoms with Crippen molar-refractivity contribution in [3.63, 3.8) is 0 Å². The highest BCUT2D eigenvalue weighted by molar-refractivity contribution is 7.98. The topological polar surface area (TPSA) is 105 Å². The molecule has 2 heterocycles. The van der Waals surface area contributed by atoms with Crippen molar-refractivity contribution < 1.29 is 20.1 Å². The van der Waals surface area contributed by atoms with Gasteiger partial charge in [0.05, 0.1) is 6.61 Å². The summed E-state index contributed by atoms with van der Waals surface area (Å²) in [7, 11) is 0. The van der Waals surface area contributed by atoms with Crippen LogP contribution in [0.15, 0.2) is 16.1 Å². The van der Waals surface area contributed by atoms with Crippen LogP contribution in [0.5, 0.6) is 0 Å². The number of rotatable bonds is 3. The minimum Gasteiger partial charge on any atom is -0.394 e. The smallest absolute Gasteiger partial charge is 0.276 e. The summed E-state index contributed by atoms with van der Waals surface area (Å²) in [6.07, 6.45) is -0.816. The predicted molar refractivity (Wildman–Crippen MR) is 68.0 cm³/mol. The lowest BCUT2D eigenvalue weighted by Crippen LogP contribution is -2.33. The van der Waals surface area contributed by atoms with Crippen molar-refractivity contribution in [1.82, 2.24) is 9.55 Å². The molecular weight excluding hydrogens is 272 g/mol. The second-order valence-corrected chi connectivity index (χ2v) is 5.13. The standard InChI is InChI=1S/C11H16N2O5S/c1-5-3-13(11(19-2)12-9(5)17)10-8(16)7(15)6(4-14)18-10/h3,6-8,10,14-16H,4H2,1-2H3/t6-,7-,8-,10-/m0/s1. The molecule has 1 fully saturated rings. The molecule has 7 nitrogen and oxygen atoms in total. The van der Waals surface area contributed by atoms with E-state index in [0.29, 0.717) is 10.7 Å². The molecule has 4 atom stereocenters. The monoisotopic (exact) mass is 288 g/mol. The predicted octanol–water partition coefficient (Wildman–Crippen LogP) is -1.11. The Morgan fingerprint density at radius 1 is 1.47 bits per heavy atom. The van der Waals surface area contributed by atoms with Crippen LogP contribution < -0.4 is 5.56 Å². The third-order valence-electron chi connectivity index (χ3n) is 3.06. The van der Waals surface area contributed by atoms with Gasteiger partial charge in [0.15, 0.2) is 11.4 Å². The molecule has 0 radical (unpaired) electrons. The van der Waals surface area contributed by atoms with Gasteiger partial charge < -0.3 is 20.1 Å². The summed E-state index contributed by atoms with van der Waals surface area (Å²) in [5.41, 5.74) is 0.0721. The molecule has 106 valence electrons. The molecule has 2 rings (SSSR count). The van der Waals surface area contributed by atoms with Crippen LogP contribution in [0.3, 0.4) is 0 Å². The molecule has 1 aliphatic rings. The van der Waals surface area contributed by atoms with E-state index in [1.807, 2.05) is 0 Å². The average molecular weight is 288 g/mol. The van der Waals surface area contributed by atoms with E-state index in [4.69, 9.17) is 9.84 Å². The SMILES string of the molecule is CSc1nc(=O)c(C)cn1[C@H]1O[C@@H](CO)[C@H](O)[C@@H]1O. The molecule has 0 saturated carbocycles. The Morgan fingerprint density at radius 3 is 2.68 bits per heavy atom. The van der Waals surface area contributed by atoms with Crippen LogP contribution in [0.4, 0.5) is 0 Å². The van der Waals surface area contributed by atoms with Crippen molar-refractivity contribution >= 4 is 11.8 Å². The van der Waals surface area contributed by atoms with Gasteiger partial charge in [0, 0.05) is 11.8 Å². The van der Waals surface area contributed by atoms with E-state index in [1.165, 1.54) is 22.5 Å². The van der Waals surface area contributed by atoms with Crippen LogP contribution in [-0.2, 0) is 4.74 Å². The maximum Gasteiger partial charge on any atom is 0.276 e. The molecule has 19 heavy (non-hydrogen) atoms. The maximum absolute atomic E-state index is 11.5. The summed E-state index contributed by atoms with van der Waals surface area (Å²) >= 11 is 1.23. The normalized spacial score (nSPS) is 30.8. The highest BCUT2D eigenvalue weighted by Crippen LogP contribution is 2.31. The van der Waals surface area contributed by atoms with Crippen LogP contribution in [-0.4, -0.2) is 56.0 Å². The van der Waals surface area contributed by atoms with Gasteiger partial charge in [0.2, 0.25) is 0 Å². The zero-order valence-corrected chi connectivity index (χ0v) is 11.4. The number of aryl methyl sites for hydroxylation is 1. The number of thioether (sulfide) groups is 1. The Balaban J connectivity index is 2.42. The molecule has 3 N–H and O–H groups in total. The van der Waals surface area contributed by atoms with Crippen molar-refractivity contribution in [2.75, 3.05) is 12.9 Å². The van der Waals surface area contributed by atoms with E-state index in [1.54, 1.807) is 13.2 Å². The number of nitrogens with zero attached hydrogens (tertiary/aromatic N) is 2. The molecule has 1 aromatic heterocycles. The zero-order chi connectivity index (χ0) is 14.2. The van der Waals surface area contributed by atoms with E-state index < -0.39 is 31.1 Å². The lowest BCUT2D eigenvalue weighted by atomic mass is 10.1. The van der Waals surface area contributed by atoms with Crippen molar-refractivity contribution in [2.24, 2.45) is 0 Å². The minimum absolute atomic E-state index is 0.340. The Morgan fingerprint density at radius 2 is 2.16 bits per heavy atom. The van der Waals surface area contributed by atoms with E-state index in [2.05, 4.69) is 4.98 Å². The van der Waals surface area contributed by atoms with Crippen molar-refractivity contribution in [3.05, 3.63) is 22.1 Å². The number of ether oxygens (including phenoxy) is 1. The Kier molecular flexibility index (Phi) is 4.26. The minimum atomic E-state index is -1.19. The van der Waals surface area contributed by atoms with Crippen LogP contribution in [0.25, 0.3) is 0 Å². The first-order valence-electron chi connectivity index (χ1n) is 5.75. The molecule has 0 amide bonds. The van der Waals surface area contributed by atoms with Gasteiger partial charge in [-0.05, 0) is 13.2 Å². The van der Waals surface area contributed by atoms with Crippen LogP contribution in [0, 0.1) is 6.92 Å². The average Bonchev–Trinajstić information content (AvgIpc) is 2.69. The molecular formula is C11H16N2O5S. The Hall–Kier alpha value is -0.930. The molecule has 1 aromatic rings. The molecule has 8 heteroatoms. The molecule has 1 saturated heterocycles. The number of hydrogen-bond acceptors (Lipinski definition) is 7.